The minimum atomic E-state index is 0.549. The number of H-pyrrole nitrogens is 1. The van der Waals surface area contributed by atoms with Crippen molar-refractivity contribution in [3.63, 3.8) is 0 Å². The summed E-state index contributed by atoms with van der Waals surface area (Å²) >= 11 is 6.35. The van der Waals surface area contributed by atoms with Gasteiger partial charge >= 0.3 is 0 Å². The predicted molar refractivity (Wildman–Crippen MR) is 102 cm³/mol. The Morgan fingerprint density at radius 1 is 1.19 bits per heavy atom. The van der Waals surface area contributed by atoms with Gasteiger partial charge in [-0.3, -0.25) is 4.90 Å². The molecule has 0 amide bonds. The van der Waals surface area contributed by atoms with Crippen molar-refractivity contribution in [2.75, 3.05) is 6.54 Å². The quantitative estimate of drug-likeness (QED) is 0.752. The summed E-state index contributed by atoms with van der Waals surface area (Å²) in [7, 11) is 0. The monoisotopic (exact) mass is 367 g/mol. The van der Waals surface area contributed by atoms with Gasteiger partial charge in [-0.2, -0.15) is 0 Å². The Morgan fingerprint density at radius 2 is 2.08 bits per heavy atom. The van der Waals surface area contributed by atoms with E-state index in [0.717, 1.165) is 61.0 Å². The van der Waals surface area contributed by atoms with Crippen LogP contribution in [0, 0.1) is 6.92 Å². The SMILES string of the molecule is Cc1cn2c(n1)CN(C1CCc3nc(-c4ccccc4Cl)[nH]c3C1)CC2. The van der Waals surface area contributed by atoms with Crippen molar-refractivity contribution >= 4 is 11.6 Å². The van der Waals surface area contributed by atoms with E-state index in [1.807, 2.05) is 24.3 Å². The van der Waals surface area contributed by atoms with Gasteiger partial charge in [0.25, 0.3) is 0 Å². The minimum absolute atomic E-state index is 0.549. The lowest BCUT2D eigenvalue weighted by Crippen LogP contribution is -2.43. The molecular weight excluding hydrogens is 346 g/mol. The van der Waals surface area contributed by atoms with Gasteiger partial charge in [-0.05, 0) is 31.9 Å². The predicted octanol–water partition coefficient (Wildman–Crippen LogP) is 3.61. The smallest absolute Gasteiger partial charge is 0.139 e. The van der Waals surface area contributed by atoms with Crippen molar-refractivity contribution in [1.29, 1.82) is 0 Å². The second-order valence-corrected chi connectivity index (χ2v) is 7.76. The summed E-state index contributed by atoms with van der Waals surface area (Å²) in [5.41, 5.74) is 4.56. The van der Waals surface area contributed by atoms with Gasteiger partial charge in [0.15, 0.2) is 0 Å². The third-order valence-electron chi connectivity index (χ3n) is 5.62. The Bertz CT molecular complexity index is 957. The van der Waals surface area contributed by atoms with Crippen LogP contribution < -0.4 is 0 Å². The highest BCUT2D eigenvalue weighted by Gasteiger charge is 2.29. The summed E-state index contributed by atoms with van der Waals surface area (Å²) in [5.74, 6) is 2.09. The first-order chi connectivity index (χ1) is 12.7. The molecule has 1 N–H and O–H groups in total. The molecule has 2 aromatic heterocycles. The lowest BCUT2D eigenvalue weighted by molar-refractivity contribution is 0.138. The van der Waals surface area contributed by atoms with Crippen molar-refractivity contribution in [3.05, 3.63) is 58.4 Å². The fourth-order valence-electron chi connectivity index (χ4n) is 4.28. The molecule has 0 saturated heterocycles. The van der Waals surface area contributed by atoms with Crippen LogP contribution in [-0.4, -0.2) is 37.0 Å². The largest absolute Gasteiger partial charge is 0.342 e. The number of nitrogens with zero attached hydrogens (tertiary/aromatic N) is 4. The topological polar surface area (TPSA) is 49.7 Å². The second-order valence-electron chi connectivity index (χ2n) is 7.35. The molecule has 134 valence electrons. The molecule has 3 heterocycles. The number of rotatable bonds is 2. The Labute approximate surface area is 158 Å². The molecule has 0 spiro atoms. The molecule has 5 rings (SSSR count). The number of hydrogen-bond acceptors (Lipinski definition) is 3. The van der Waals surface area contributed by atoms with E-state index in [4.69, 9.17) is 16.6 Å². The molecule has 0 saturated carbocycles. The van der Waals surface area contributed by atoms with Gasteiger partial charge in [-0.1, -0.05) is 23.7 Å². The fourth-order valence-corrected chi connectivity index (χ4v) is 4.50. The van der Waals surface area contributed by atoms with Crippen LogP contribution in [0.15, 0.2) is 30.5 Å². The Morgan fingerprint density at radius 3 is 2.96 bits per heavy atom. The van der Waals surface area contributed by atoms with Crippen LogP contribution in [0.25, 0.3) is 11.4 Å². The van der Waals surface area contributed by atoms with E-state index in [1.54, 1.807) is 0 Å². The van der Waals surface area contributed by atoms with Gasteiger partial charge in [0.1, 0.15) is 11.6 Å². The van der Waals surface area contributed by atoms with E-state index in [2.05, 4.69) is 32.6 Å². The molecule has 3 aromatic rings. The second kappa shape index (κ2) is 6.25. The fraction of sp³-hybridized carbons (Fsp3) is 0.400. The molecule has 1 aliphatic carbocycles. The van der Waals surface area contributed by atoms with Crippen LogP contribution in [0.4, 0.5) is 0 Å². The highest BCUT2D eigenvalue weighted by Crippen LogP contribution is 2.30. The molecule has 1 aromatic carbocycles. The van der Waals surface area contributed by atoms with Crippen molar-refractivity contribution in [3.8, 4) is 11.4 Å². The van der Waals surface area contributed by atoms with Crippen molar-refractivity contribution in [2.45, 2.75) is 45.3 Å². The summed E-state index contributed by atoms with van der Waals surface area (Å²) in [6, 6.07) is 8.44. The molecule has 26 heavy (non-hydrogen) atoms. The van der Waals surface area contributed by atoms with Crippen LogP contribution in [0.1, 0.15) is 29.3 Å². The standard InChI is InChI=1S/C20H22ClN5/c1-13-11-26-9-8-25(12-19(26)22-13)14-6-7-17-18(10-14)24-20(23-17)15-4-2-3-5-16(15)21/h2-5,11,14H,6-10,12H2,1H3,(H,23,24). The first kappa shape index (κ1) is 16.1. The highest BCUT2D eigenvalue weighted by atomic mass is 35.5. The average molecular weight is 368 g/mol. The molecule has 1 atom stereocenters. The maximum Gasteiger partial charge on any atom is 0.139 e. The average Bonchev–Trinajstić information content (AvgIpc) is 3.22. The summed E-state index contributed by atoms with van der Waals surface area (Å²) in [4.78, 5) is 15.6. The molecule has 5 nitrogen and oxygen atoms in total. The summed E-state index contributed by atoms with van der Waals surface area (Å²) in [6.45, 7) is 5.14. The molecule has 0 fully saturated rings. The maximum atomic E-state index is 6.35. The molecule has 2 aliphatic rings. The Hall–Kier alpha value is -2.11. The van der Waals surface area contributed by atoms with E-state index >= 15 is 0 Å². The number of nitrogens with one attached hydrogen (secondary N) is 1. The summed E-state index contributed by atoms with van der Waals surface area (Å²) in [6.07, 6.45) is 5.35. The highest BCUT2D eigenvalue weighted by molar-refractivity contribution is 6.33. The third kappa shape index (κ3) is 2.75. The summed E-state index contributed by atoms with van der Waals surface area (Å²) < 4.78 is 2.30. The number of halogens is 1. The first-order valence-electron chi connectivity index (χ1n) is 9.27. The number of imidazole rings is 2. The van der Waals surface area contributed by atoms with Gasteiger partial charge in [0.2, 0.25) is 0 Å². The zero-order valence-corrected chi connectivity index (χ0v) is 15.6. The summed E-state index contributed by atoms with van der Waals surface area (Å²) in [5, 5.41) is 0.744. The van der Waals surface area contributed by atoms with Gasteiger partial charge in [0.05, 0.1) is 23.0 Å². The maximum absolute atomic E-state index is 6.35. The lowest BCUT2D eigenvalue weighted by Gasteiger charge is -2.36. The Balaban J connectivity index is 1.37. The van der Waals surface area contributed by atoms with Gasteiger partial charge in [0, 0.05) is 43.0 Å². The van der Waals surface area contributed by atoms with Crippen molar-refractivity contribution < 1.29 is 0 Å². The number of aromatic amines is 1. The first-order valence-corrected chi connectivity index (χ1v) is 9.64. The number of fused-ring (bicyclic) bond motifs is 2. The molecule has 0 bridgehead atoms. The van der Waals surface area contributed by atoms with Crippen molar-refractivity contribution in [2.24, 2.45) is 0 Å². The van der Waals surface area contributed by atoms with Crippen molar-refractivity contribution in [1.82, 2.24) is 24.4 Å². The zero-order valence-electron chi connectivity index (χ0n) is 14.9. The minimum Gasteiger partial charge on any atom is -0.342 e. The van der Waals surface area contributed by atoms with E-state index in [1.165, 1.54) is 17.2 Å². The van der Waals surface area contributed by atoms with Crippen LogP contribution in [0.2, 0.25) is 5.02 Å². The molecule has 0 radical (unpaired) electrons. The normalized spacial score (nSPS) is 20.0. The van der Waals surface area contributed by atoms with Crippen LogP contribution in [0.5, 0.6) is 0 Å². The van der Waals surface area contributed by atoms with Gasteiger partial charge < -0.3 is 9.55 Å². The van der Waals surface area contributed by atoms with Crippen LogP contribution in [-0.2, 0) is 25.9 Å². The molecule has 1 aliphatic heterocycles. The number of aromatic nitrogens is 4. The van der Waals surface area contributed by atoms with E-state index in [9.17, 15) is 0 Å². The lowest BCUT2D eigenvalue weighted by atomic mass is 9.94. The number of hydrogen-bond donors (Lipinski definition) is 1. The third-order valence-corrected chi connectivity index (χ3v) is 5.95. The van der Waals surface area contributed by atoms with Gasteiger partial charge in [-0.25, -0.2) is 9.97 Å². The van der Waals surface area contributed by atoms with E-state index < -0.39 is 0 Å². The number of benzene rings is 1. The van der Waals surface area contributed by atoms with Crippen LogP contribution >= 0.6 is 11.6 Å². The van der Waals surface area contributed by atoms with Crippen LogP contribution in [0.3, 0.4) is 0 Å². The Kier molecular flexibility index (Phi) is 3.87. The zero-order chi connectivity index (χ0) is 17.7. The van der Waals surface area contributed by atoms with E-state index in [-0.39, 0.29) is 0 Å². The molecule has 1 unspecified atom stereocenters. The molecule has 6 heteroatoms. The van der Waals surface area contributed by atoms with Gasteiger partial charge in [-0.15, -0.1) is 0 Å². The number of aryl methyl sites for hydroxylation is 2. The van der Waals surface area contributed by atoms with E-state index in [0.29, 0.717) is 6.04 Å². The molecular formula is C20H22ClN5.